The fraction of sp³-hybridized carbons (Fsp3) is 0.375. The van der Waals surface area contributed by atoms with Gasteiger partial charge in [-0.1, -0.05) is 18.2 Å². The second-order valence-corrected chi connectivity index (χ2v) is 9.76. The van der Waals surface area contributed by atoms with Gasteiger partial charge < -0.3 is 19.7 Å². The second-order valence-electron chi connectivity index (χ2n) is 7.82. The lowest BCUT2D eigenvalue weighted by atomic mass is 10.1. The number of carbonyl (C=O) groups excluding carboxylic acids is 1. The van der Waals surface area contributed by atoms with Gasteiger partial charge in [-0.15, -0.1) is 0 Å². The van der Waals surface area contributed by atoms with Crippen LogP contribution in [0.25, 0.3) is 6.08 Å². The van der Waals surface area contributed by atoms with E-state index in [1.54, 1.807) is 24.3 Å². The SMILES string of the molecule is CCN(CC)c1ccc(S(=O)(=O)N2CCOCC2)cc1NC(=O)C1=Cc2ccccc2OC1. The van der Waals surface area contributed by atoms with Crippen molar-refractivity contribution in [1.82, 2.24) is 4.31 Å². The fourth-order valence-electron chi connectivity index (χ4n) is 4.00. The first-order valence-electron chi connectivity index (χ1n) is 11.1. The van der Waals surface area contributed by atoms with Crippen LogP contribution in [0.3, 0.4) is 0 Å². The minimum absolute atomic E-state index is 0.148. The molecule has 9 heteroatoms. The molecule has 0 unspecified atom stereocenters. The maximum absolute atomic E-state index is 13.2. The minimum atomic E-state index is -3.70. The normalized spacial score (nSPS) is 16.4. The molecule has 8 nitrogen and oxygen atoms in total. The molecule has 2 heterocycles. The monoisotopic (exact) mass is 471 g/mol. The number of ether oxygens (including phenoxy) is 2. The van der Waals surface area contributed by atoms with Crippen LogP contribution in [0, 0.1) is 0 Å². The van der Waals surface area contributed by atoms with Crippen LogP contribution in [-0.4, -0.2) is 64.6 Å². The minimum Gasteiger partial charge on any atom is -0.488 e. The van der Waals surface area contributed by atoms with Crippen LogP contribution in [0.15, 0.2) is 52.9 Å². The number of rotatable bonds is 7. The van der Waals surface area contributed by atoms with Gasteiger partial charge in [0, 0.05) is 31.7 Å². The van der Waals surface area contributed by atoms with Crippen LogP contribution in [0.5, 0.6) is 5.75 Å². The quantitative estimate of drug-likeness (QED) is 0.668. The number of sulfonamides is 1. The van der Waals surface area contributed by atoms with E-state index in [1.165, 1.54) is 4.31 Å². The smallest absolute Gasteiger partial charge is 0.255 e. The summed E-state index contributed by atoms with van der Waals surface area (Å²) in [5.74, 6) is 0.412. The Kier molecular flexibility index (Phi) is 7.02. The highest BCUT2D eigenvalue weighted by Gasteiger charge is 2.28. The summed E-state index contributed by atoms with van der Waals surface area (Å²) in [6.45, 7) is 6.98. The van der Waals surface area contributed by atoms with E-state index in [9.17, 15) is 13.2 Å². The molecule has 1 saturated heterocycles. The molecule has 2 aromatic rings. The van der Waals surface area contributed by atoms with Crippen LogP contribution in [0.4, 0.5) is 11.4 Å². The molecule has 0 atom stereocenters. The number of carbonyl (C=O) groups is 1. The van der Waals surface area contributed by atoms with Gasteiger partial charge >= 0.3 is 0 Å². The van der Waals surface area contributed by atoms with E-state index in [2.05, 4.69) is 10.2 Å². The molecule has 0 saturated carbocycles. The van der Waals surface area contributed by atoms with E-state index >= 15 is 0 Å². The molecule has 1 N–H and O–H groups in total. The molecule has 0 bridgehead atoms. The van der Waals surface area contributed by atoms with E-state index in [0.29, 0.717) is 50.7 Å². The van der Waals surface area contributed by atoms with Gasteiger partial charge in [0.2, 0.25) is 10.0 Å². The van der Waals surface area contributed by atoms with Crippen molar-refractivity contribution in [1.29, 1.82) is 0 Å². The molecule has 0 aliphatic carbocycles. The van der Waals surface area contributed by atoms with Gasteiger partial charge in [-0.2, -0.15) is 4.31 Å². The zero-order valence-electron chi connectivity index (χ0n) is 18.9. The van der Waals surface area contributed by atoms with E-state index in [-0.39, 0.29) is 17.4 Å². The van der Waals surface area contributed by atoms with Crippen LogP contribution in [0.2, 0.25) is 0 Å². The van der Waals surface area contributed by atoms with Gasteiger partial charge in [0.1, 0.15) is 12.4 Å². The molecule has 4 rings (SSSR count). The number of fused-ring (bicyclic) bond motifs is 1. The van der Waals surface area contributed by atoms with Gasteiger partial charge in [-0.3, -0.25) is 4.79 Å². The molecule has 33 heavy (non-hydrogen) atoms. The fourth-order valence-corrected chi connectivity index (χ4v) is 5.44. The van der Waals surface area contributed by atoms with Gasteiger partial charge in [0.15, 0.2) is 0 Å². The number of morpholine rings is 1. The van der Waals surface area contributed by atoms with Crippen LogP contribution < -0.4 is 15.0 Å². The summed E-state index contributed by atoms with van der Waals surface area (Å²) < 4.78 is 38.8. The molecular weight excluding hydrogens is 442 g/mol. The number of nitrogens with one attached hydrogen (secondary N) is 1. The number of hydrogen-bond donors (Lipinski definition) is 1. The van der Waals surface area contributed by atoms with Crippen LogP contribution >= 0.6 is 0 Å². The zero-order chi connectivity index (χ0) is 23.4. The van der Waals surface area contributed by atoms with Crippen molar-refractivity contribution >= 4 is 33.4 Å². The molecule has 0 radical (unpaired) electrons. The first-order valence-corrected chi connectivity index (χ1v) is 12.6. The molecule has 1 fully saturated rings. The Labute approximate surface area is 194 Å². The number of benzene rings is 2. The lowest BCUT2D eigenvalue weighted by Gasteiger charge is -2.28. The predicted molar refractivity (Wildman–Crippen MR) is 128 cm³/mol. The van der Waals surface area contributed by atoms with Crippen molar-refractivity contribution in [2.24, 2.45) is 0 Å². The zero-order valence-corrected chi connectivity index (χ0v) is 19.7. The van der Waals surface area contributed by atoms with Crippen molar-refractivity contribution in [2.45, 2.75) is 18.7 Å². The maximum atomic E-state index is 13.2. The van der Waals surface area contributed by atoms with E-state index in [4.69, 9.17) is 9.47 Å². The average molecular weight is 472 g/mol. The third-order valence-electron chi connectivity index (χ3n) is 5.85. The summed E-state index contributed by atoms with van der Waals surface area (Å²) in [7, 11) is -3.70. The van der Waals surface area contributed by atoms with Crippen LogP contribution in [-0.2, 0) is 19.6 Å². The number of para-hydroxylation sites is 1. The third-order valence-corrected chi connectivity index (χ3v) is 7.75. The van der Waals surface area contributed by atoms with Crippen LogP contribution in [0.1, 0.15) is 19.4 Å². The maximum Gasteiger partial charge on any atom is 0.255 e. The molecule has 176 valence electrons. The number of amides is 1. The summed E-state index contributed by atoms with van der Waals surface area (Å²) in [4.78, 5) is 15.4. The number of anilines is 2. The Morgan fingerprint density at radius 2 is 1.82 bits per heavy atom. The molecule has 1 amide bonds. The predicted octanol–water partition coefficient (Wildman–Crippen LogP) is 2.97. The highest BCUT2D eigenvalue weighted by atomic mass is 32.2. The van der Waals surface area contributed by atoms with E-state index in [1.807, 2.05) is 38.1 Å². The number of nitrogens with zero attached hydrogens (tertiary/aromatic N) is 2. The summed E-state index contributed by atoms with van der Waals surface area (Å²) in [6, 6.07) is 12.4. The summed E-state index contributed by atoms with van der Waals surface area (Å²) in [5.41, 5.74) is 2.53. The Hall–Kier alpha value is -2.88. The first-order chi connectivity index (χ1) is 15.9. The Balaban J connectivity index is 1.67. The van der Waals surface area contributed by atoms with Gasteiger partial charge in [0.25, 0.3) is 5.91 Å². The van der Waals surface area contributed by atoms with Gasteiger partial charge in [-0.05, 0) is 44.2 Å². The van der Waals surface area contributed by atoms with Crippen molar-refractivity contribution in [3.8, 4) is 5.75 Å². The summed E-state index contributed by atoms with van der Waals surface area (Å²) >= 11 is 0. The molecule has 2 aliphatic rings. The average Bonchev–Trinajstić information content (AvgIpc) is 2.85. The van der Waals surface area contributed by atoms with E-state index in [0.717, 1.165) is 17.0 Å². The van der Waals surface area contributed by atoms with Gasteiger partial charge in [-0.25, -0.2) is 8.42 Å². The highest BCUT2D eigenvalue weighted by molar-refractivity contribution is 7.89. The van der Waals surface area contributed by atoms with Crippen molar-refractivity contribution < 1.29 is 22.7 Å². The molecule has 0 aromatic heterocycles. The van der Waals surface area contributed by atoms with Crippen molar-refractivity contribution in [3.63, 3.8) is 0 Å². The molecule has 0 spiro atoms. The van der Waals surface area contributed by atoms with E-state index < -0.39 is 10.0 Å². The lowest BCUT2D eigenvalue weighted by Crippen LogP contribution is -2.40. The third kappa shape index (κ3) is 4.90. The largest absolute Gasteiger partial charge is 0.488 e. The first kappa shape index (κ1) is 23.3. The lowest BCUT2D eigenvalue weighted by molar-refractivity contribution is -0.113. The second kappa shape index (κ2) is 9.94. The van der Waals surface area contributed by atoms with Crippen molar-refractivity contribution in [2.75, 3.05) is 56.2 Å². The Morgan fingerprint density at radius 3 is 2.55 bits per heavy atom. The van der Waals surface area contributed by atoms with Gasteiger partial charge in [0.05, 0.1) is 35.1 Å². The summed E-state index contributed by atoms with van der Waals surface area (Å²) in [5, 5.41) is 2.94. The molecule has 2 aromatic carbocycles. The summed E-state index contributed by atoms with van der Waals surface area (Å²) in [6.07, 6.45) is 1.81. The Morgan fingerprint density at radius 1 is 1.09 bits per heavy atom. The standard InChI is InChI=1S/C24H29N3O5S/c1-3-26(4-2)22-10-9-20(33(29,30)27-11-13-31-14-12-27)16-21(22)25-24(28)19-15-18-7-5-6-8-23(18)32-17-19/h5-10,15-16H,3-4,11-14,17H2,1-2H3,(H,25,28). The molecular formula is C24H29N3O5S. The number of hydrogen-bond acceptors (Lipinski definition) is 6. The molecule has 2 aliphatic heterocycles. The topological polar surface area (TPSA) is 88.2 Å². The van der Waals surface area contributed by atoms with Crippen molar-refractivity contribution in [3.05, 3.63) is 53.6 Å². The Bertz CT molecular complexity index is 1150. The highest BCUT2D eigenvalue weighted by Crippen LogP contribution is 2.32.